The van der Waals surface area contributed by atoms with Crippen LogP contribution in [-0.2, 0) is 11.8 Å². The summed E-state index contributed by atoms with van der Waals surface area (Å²) in [7, 11) is 0. The molecule has 34 heavy (non-hydrogen) atoms. The van der Waals surface area contributed by atoms with Crippen LogP contribution in [-0.4, -0.2) is 37.3 Å². The van der Waals surface area contributed by atoms with E-state index in [1.807, 2.05) is 54.3 Å². The van der Waals surface area contributed by atoms with Crippen molar-refractivity contribution in [2.24, 2.45) is 0 Å². The summed E-state index contributed by atoms with van der Waals surface area (Å²) in [6, 6.07) is 19.3. The van der Waals surface area contributed by atoms with Gasteiger partial charge in [0.2, 0.25) is 0 Å². The Labute approximate surface area is 200 Å². The molecule has 180 valence electrons. The van der Waals surface area contributed by atoms with Crippen molar-refractivity contribution in [1.82, 2.24) is 0 Å². The molecular weight excluding hydrogens is 470 g/mol. The maximum Gasteiger partial charge on any atom is 0.573 e. The van der Waals surface area contributed by atoms with Gasteiger partial charge in [0.15, 0.2) is 0 Å². The van der Waals surface area contributed by atoms with Crippen LogP contribution in [0.2, 0.25) is 5.02 Å². The fourth-order valence-corrected chi connectivity index (χ4v) is 4.89. The molecule has 1 heterocycles. The molecule has 8 heteroatoms. The number of aliphatic hydroxyl groups excluding tert-OH is 1. The first-order chi connectivity index (χ1) is 16.1. The van der Waals surface area contributed by atoms with Crippen molar-refractivity contribution in [1.29, 1.82) is 0 Å². The molecule has 0 fully saturated rings. The third kappa shape index (κ3) is 5.00. The minimum Gasteiger partial charge on any atom is -0.406 e. The van der Waals surface area contributed by atoms with E-state index in [1.165, 1.54) is 18.2 Å². The van der Waals surface area contributed by atoms with Gasteiger partial charge in [-0.1, -0.05) is 54.1 Å². The largest absolute Gasteiger partial charge is 0.573 e. The van der Waals surface area contributed by atoms with Crippen LogP contribution in [0.15, 0.2) is 66.7 Å². The smallest absolute Gasteiger partial charge is 0.406 e. The number of anilines is 1. The Morgan fingerprint density at radius 2 is 1.85 bits per heavy atom. The third-order valence-electron chi connectivity index (χ3n) is 6.19. The van der Waals surface area contributed by atoms with Crippen molar-refractivity contribution < 1.29 is 27.4 Å². The normalized spacial score (nSPS) is 18.6. The van der Waals surface area contributed by atoms with Gasteiger partial charge in [-0.2, -0.15) is 0 Å². The van der Waals surface area contributed by atoms with Gasteiger partial charge in [-0.05, 0) is 59.9 Å². The molecule has 1 N–H and O–H groups in total. The van der Waals surface area contributed by atoms with Gasteiger partial charge in [-0.15, -0.1) is 13.2 Å². The number of rotatable bonds is 7. The van der Waals surface area contributed by atoms with Gasteiger partial charge in [0.05, 0.1) is 6.10 Å². The number of halogens is 5. The molecule has 2 atom stereocenters. The number of hydrogen-bond donors (Lipinski definition) is 1. The van der Waals surface area contributed by atoms with Crippen molar-refractivity contribution in [2.75, 3.05) is 24.7 Å². The Kier molecular flexibility index (Phi) is 6.78. The molecule has 0 saturated heterocycles. The predicted molar refractivity (Wildman–Crippen MR) is 124 cm³/mol. The maximum atomic E-state index is 13.2. The molecule has 0 aromatic heterocycles. The summed E-state index contributed by atoms with van der Waals surface area (Å²) in [5.74, 6) is -0.293. The van der Waals surface area contributed by atoms with Crippen LogP contribution in [0.4, 0.5) is 23.2 Å². The van der Waals surface area contributed by atoms with Crippen LogP contribution < -0.4 is 9.64 Å². The standard InChI is InChI=1S/C26H24ClF4NO2/c1-17-9-10-19(12-23(17)27)25(13-18-5-4-6-21(11-18)34-26(29,30)31)16-32(15-20(33)14-28)24-8-3-2-7-22(24)25/h2-12,20,33H,13-16H2,1H3/t20-,25?/m0/s1. The summed E-state index contributed by atoms with van der Waals surface area (Å²) in [4.78, 5) is 1.92. The first kappa shape index (κ1) is 24.4. The molecule has 3 aromatic rings. The van der Waals surface area contributed by atoms with Gasteiger partial charge in [0.1, 0.15) is 12.4 Å². The van der Waals surface area contributed by atoms with Crippen molar-refractivity contribution >= 4 is 17.3 Å². The summed E-state index contributed by atoms with van der Waals surface area (Å²) in [5, 5.41) is 10.6. The molecule has 0 bridgehead atoms. The number of β-amino-alcohol motifs (C(OH)–C–C–N with tert-alkyl or cyclic N) is 1. The quantitative estimate of drug-likeness (QED) is 0.396. The Morgan fingerprint density at radius 1 is 1.09 bits per heavy atom. The number of benzene rings is 3. The highest BCUT2D eigenvalue weighted by atomic mass is 35.5. The lowest BCUT2D eigenvalue weighted by Gasteiger charge is -2.33. The first-order valence-corrected chi connectivity index (χ1v) is 11.2. The van der Waals surface area contributed by atoms with E-state index >= 15 is 0 Å². The molecule has 3 nitrogen and oxygen atoms in total. The maximum absolute atomic E-state index is 13.2. The van der Waals surface area contributed by atoms with Gasteiger partial charge >= 0.3 is 6.36 Å². The monoisotopic (exact) mass is 493 g/mol. The zero-order valence-corrected chi connectivity index (χ0v) is 19.2. The van der Waals surface area contributed by atoms with Crippen molar-refractivity contribution in [3.8, 4) is 5.75 Å². The number of hydrogen-bond acceptors (Lipinski definition) is 3. The Hall–Kier alpha value is -2.77. The molecule has 3 aromatic carbocycles. The number of aliphatic hydroxyl groups is 1. The van der Waals surface area contributed by atoms with Crippen LogP contribution in [0.5, 0.6) is 5.75 Å². The topological polar surface area (TPSA) is 32.7 Å². The molecule has 0 spiro atoms. The number of fused-ring (bicyclic) bond motifs is 1. The second-order valence-electron chi connectivity index (χ2n) is 8.62. The Morgan fingerprint density at radius 3 is 2.56 bits per heavy atom. The average Bonchev–Trinajstić information content (AvgIpc) is 3.09. The predicted octanol–water partition coefficient (Wildman–Crippen LogP) is 6.23. The van der Waals surface area contributed by atoms with Gasteiger partial charge in [0, 0.05) is 29.2 Å². The average molecular weight is 494 g/mol. The van der Waals surface area contributed by atoms with Gasteiger partial charge in [-0.3, -0.25) is 0 Å². The zero-order valence-electron chi connectivity index (χ0n) is 18.4. The minimum absolute atomic E-state index is 0.0894. The molecule has 1 aliphatic rings. The van der Waals surface area contributed by atoms with E-state index in [2.05, 4.69) is 4.74 Å². The SMILES string of the molecule is Cc1ccc(C2(Cc3cccc(OC(F)(F)F)c3)CN(C[C@@H](O)CF)c3ccccc32)cc1Cl. The molecule has 0 amide bonds. The highest BCUT2D eigenvalue weighted by Crippen LogP contribution is 2.48. The molecule has 0 radical (unpaired) electrons. The molecule has 0 aliphatic carbocycles. The minimum atomic E-state index is -4.79. The fraction of sp³-hybridized carbons (Fsp3) is 0.308. The van der Waals surface area contributed by atoms with Gasteiger partial charge in [-0.25, -0.2) is 4.39 Å². The van der Waals surface area contributed by atoms with Crippen LogP contribution in [0.1, 0.15) is 22.3 Å². The zero-order chi connectivity index (χ0) is 24.5. The highest BCUT2D eigenvalue weighted by Gasteiger charge is 2.44. The lowest BCUT2D eigenvalue weighted by molar-refractivity contribution is -0.274. The van der Waals surface area contributed by atoms with E-state index in [0.29, 0.717) is 23.6 Å². The lowest BCUT2D eigenvalue weighted by atomic mass is 9.71. The van der Waals surface area contributed by atoms with E-state index in [4.69, 9.17) is 11.6 Å². The van der Waals surface area contributed by atoms with Gasteiger partial charge in [0.25, 0.3) is 0 Å². The summed E-state index contributed by atoms with van der Waals surface area (Å²) in [5.41, 5.74) is 3.51. The second-order valence-corrected chi connectivity index (χ2v) is 9.03. The molecular formula is C26H24ClF4NO2. The highest BCUT2D eigenvalue weighted by molar-refractivity contribution is 6.31. The van der Waals surface area contributed by atoms with E-state index in [9.17, 15) is 22.7 Å². The van der Waals surface area contributed by atoms with E-state index in [1.54, 1.807) is 6.07 Å². The number of ether oxygens (including phenoxy) is 1. The Balaban J connectivity index is 1.83. The molecule has 1 unspecified atom stereocenters. The molecule has 4 rings (SSSR count). The van der Waals surface area contributed by atoms with Crippen LogP contribution >= 0.6 is 11.6 Å². The fourth-order valence-electron chi connectivity index (χ4n) is 4.71. The van der Waals surface area contributed by atoms with E-state index in [-0.39, 0.29) is 12.3 Å². The van der Waals surface area contributed by atoms with Crippen molar-refractivity contribution in [3.05, 3.63) is 94.0 Å². The number of nitrogens with zero attached hydrogens (tertiary/aromatic N) is 1. The third-order valence-corrected chi connectivity index (χ3v) is 6.60. The number of aryl methyl sites for hydroxylation is 1. The lowest BCUT2D eigenvalue weighted by Crippen LogP contribution is -2.40. The number of para-hydroxylation sites is 1. The van der Waals surface area contributed by atoms with Gasteiger partial charge < -0.3 is 14.7 Å². The second kappa shape index (κ2) is 9.47. The summed E-state index contributed by atoms with van der Waals surface area (Å²) in [6.45, 7) is 1.50. The van der Waals surface area contributed by atoms with Crippen LogP contribution in [0, 0.1) is 6.92 Å². The number of alkyl halides is 4. The summed E-state index contributed by atoms with van der Waals surface area (Å²) < 4.78 is 55.7. The molecule has 0 saturated carbocycles. The molecule has 1 aliphatic heterocycles. The van der Waals surface area contributed by atoms with E-state index < -0.39 is 24.6 Å². The van der Waals surface area contributed by atoms with E-state index in [0.717, 1.165) is 22.4 Å². The van der Waals surface area contributed by atoms with Crippen molar-refractivity contribution in [3.63, 3.8) is 0 Å². The van der Waals surface area contributed by atoms with Crippen molar-refractivity contribution in [2.45, 2.75) is 31.2 Å². The Bertz CT molecular complexity index is 1170. The first-order valence-electron chi connectivity index (χ1n) is 10.8. The summed E-state index contributed by atoms with van der Waals surface area (Å²) >= 11 is 6.48. The van der Waals surface area contributed by atoms with Crippen LogP contribution in [0.25, 0.3) is 0 Å². The van der Waals surface area contributed by atoms with Crippen LogP contribution in [0.3, 0.4) is 0 Å². The summed E-state index contributed by atoms with van der Waals surface area (Å²) in [6.07, 6.45) is -5.60.